The largest absolute Gasteiger partial charge is 0.314 e. The molecular formula is C18H24N6OS. The third kappa shape index (κ3) is 3.27. The van der Waals surface area contributed by atoms with Gasteiger partial charge in [0.25, 0.3) is 5.91 Å². The first kappa shape index (κ1) is 17.3. The van der Waals surface area contributed by atoms with E-state index in [0.29, 0.717) is 0 Å². The molecule has 0 aliphatic carbocycles. The molecule has 1 saturated heterocycles. The molecule has 2 aromatic rings. The van der Waals surface area contributed by atoms with E-state index in [4.69, 9.17) is 0 Å². The molecule has 0 spiro atoms. The lowest BCUT2D eigenvalue weighted by molar-refractivity contribution is 0.0491. The number of hydrogen-bond acceptors (Lipinski definition) is 6. The Labute approximate surface area is 157 Å². The van der Waals surface area contributed by atoms with E-state index in [2.05, 4.69) is 28.5 Å². The maximum absolute atomic E-state index is 13.2. The van der Waals surface area contributed by atoms with E-state index in [1.54, 1.807) is 10.9 Å². The molecule has 138 valence electrons. The maximum Gasteiger partial charge on any atom is 0.265 e. The van der Waals surface area contributed by atoms with Gasteiger partial charge in [0.15, 0.2) is 0 Å². The summed E-state index contributed by atoms with van der Waals surface area (Å²) in [6, 6.07) is 6.02. The van der Waals surface area contributed by atoms with Crippen molar-refractivity contribution in [2.24, 2.45) is 7.05 Å². The van der Waals surface area contributed by atoms with Crippen LogP contribution in [0.1, 0.15) is 22.5 Å². The lowest BCUT2D eigenvalue weighted by atomic mass is 10.0. The minimum absolute atomic E-state index is 0.101. The zero-order valence-electron chi connectivity index (χ0n) is 15.1. The third-order valence-electron chi connectivity index (χ3n) is 5.08. The van der Waals surface area contributed by atoms with Gasteiger partial charge in [-0.1, -0.05) is 6.07 Å². The second-order valence-corrected chi connectivity index (χ2v) is 7.77. The fourth-order valence-electron chi connectivity index (χ4n) is 3.62. The van der Waals surface area contributed by atoms with Gasteiger partial charge in [0.05, 0.1) is 11.1 Å². The smallest absolute Gasteiger partial charge is 0.265 e. The molecule has 0 bridgehead atoms. The monoisotopic (exact) mass is 372 g/mol. The lowest BCUT2D eigenvalue weighted by Crippen LogP contribution is -2.56. The number of carbonyl (C=O) groups excluding carboxylic acids is 1. The molecule has 1 unspecified atom stereocenters. The van der Waals surface area contributed by atoms with Gasteiger partial charge in [-0.3, -0.25) is 14.5 Å². The van der Waals surface area contributed by atoms with Gasteiger partial charge in [0.2, 0.25) is 0 Å². The van der Waals surface area contributed by atoms with E-state index in [1.165, 1.54) is 11.3 Å². The van der Waals surface area contributed by atoms with Crippen LogP contribution in [0.4, 0.5) is 5.82 Å². The van der Waals surface area contributed by atoms with E-state index in [-0.39, 0.29) is 18.1 Å². The molecule has 1 amide bonds. The first-order valence-electron chi connectivity index (χ1n) is 8.90. The van der Waals surface area contributed by atoms with E-state index >= 15 is 0 Å². The standard InChI is InChI=1S/C18H24N6OS/c1-21-10-6-14(7-11-21)24(18(25)15-4-3-13-26-15)16-8-12-23(20-16)17-5-9-19-22(17)2/h3-5,8-9,12-14,16,20H,6-7,10-11H2,1-2H3. The number of hydrogen-bond donors (Lipinski definition) is 1. The molecular weight excluding hydrogens is 348 g/mol. The summed E-state index contributed by atoms with van der Waals surface area (Å²) in [6.07, 6.45) is 7.62. The van der Waals surface area contributed by atoms with Crippen LogP contribution >= 0.6 is 11.3 Å². The van der Waals surface area contributed by atoms with Crippen molar-refractivity contribution in [3.05, 3.63) is 46.9 Å². The Morgan fingerprint density at radius 1 is 1.31 bits per heavy atom. The molecule has 1 atom stereocenters. The molecule has 0 aromatic carbocycles. The van der Waals surface area contributed by atoms with Crippen LogP contribution in [0.3, 0.4) is 0 Å². The Kier molecular flexibility index (Phi) is 4.80. The van der Waals surface area contributed by atoms with Crippen molar-refractivity contribution in [2.45, 2.75) is 25.0 Å². The number of hydrazine groups is 1. The first-order chi connectivity index (χ1) is 12.6. The Morgan fingerprint density at radius 2 is 2.12 bits per heavy atom. The molecule has 4 heterocycles. The number of nitrogens with zero attached hydrogens (tertiary/aromatic N) is 5. The summed E-state index contributed by atoms with van der Waals surface area (Å²) < 4.78 is 1.81. The Balaban J connectivity index is 1.56. The number of carbonyl (C=O) groups is 1. The van der Waals surface area contributed by atoms with Crippen LogP contribution in [0.25, 0.3) is 0 Å². The van der Waals surface area contributed by atoms with Crippen LogP contribution < -0.4 is 10.4 Å². The van der Waals surface area contributed by atoms with Gasteiger partial charge in [-0.25, -0.2) is 5.43 Å². The van der Waals surface area contributed by atoms with Crippen molar-refractivity contribution in [3.8, 4) is 0 Å². The Hall–Kier alpha value is -2.16. The number of aromatic nitrogens is 2. The van der Waals surface area contributed by atoms with Crippen LogP contribution in [-0.4, -0.2) is 57.8 Å². The second-order valence-electron chi connectivity index (χ2n) is 6.82. The highest BCUT2D eigenvalue weighted by Gasteiger charge is 2.35. The zero-order valence-corrected chi connectivity index (χ0v) is 15.9. The molecule has 2 aliphatic rings. The first-order valence-corrected chi connectivity index (χ1v) is 9.78. The lowest BCUT2D eigenvalue weighted by Gasteiger charge is -2.40. The van der Waals surface area contributed by atoms with Crippen molar-refractivity contribution in [3.63, 3.8) is 0 Å². The number of rotatable bonds is 4. The molecule has 0 saturated carbocycles. The van der Waals surface area contributed by atoms with E-state index in [0.717, 1.165) is 36.6 Å². The van der Waals surface area contributed by atoms with Crippen LogP contribution in [0, 0.1) is 0 Å². The molecule has 7 nitrogen and oxygen atoms in total. The van der Waals surface area contributed by atoms with Gasteiger partial charge >= 0.3 is 0 Å². The van der Waals surface area contributed by atoms with E-state index < -0.39 is 0 Å². The average Bonchev–Trinajstić information content (AvgIpc) is 3.38. The fraction of sp³-hybridized carbons (Fsp3) is 0.444. The Morgan fingerprint density at radius 3 is 2.77 bits per heavy atom. The summed E-state index contributed by atoms with van der Waals surface area (Å²) in [5.41, 5.74) is 3.44. The van der Waals surface area contributed by atoms with E-state index in [9.17, 15) is 4.79 Å². The third-order valence-corrected chi connectivity index (χ3v) is 5.94. The van der Waals surface area contributed by atoms with E-state index in [1.807, 2.05) is 46.7 Å². The highest BCUT2D eigenvalue weighted by atomic mass is 32.1. The van der Waals surface area contributed by atoms with Gasteiger partial charge in [0.1, 0.15) is 12.0 Å². The summed E-state index contributed by atoms with van der Waals surface area (Å²) in [4.78, 5) is 18.4. The van der Waals surface area contributed by atoms with Crippen LogP contribution in [0.2, 0.25) is 0 Å². The van der Waals surface area contributed by atoms with Crippen LogP contribution in [-0.2, 0) is 7.05 Å². The predicted molar refractivity (Wildman–Crippen MR) is 103 cm³/mol. The van der Waals surface area contributed by atoms with Crippen molar-refractivity contribution >= 4 is 23.1 Å². The molecule has 1 fully saturated rings. The van der Waals surface area contributed by atoms with Gasteiger partial charge in [-0.15, -0.1) is 11.3 Å². The predicted octanol–water partition coefficient (Wildman–Crippen LogP) is 1.88. The maximum atomic E-state index is 13.2. The molecule has 2 aromatic heterocycles. The van der Waals surface area contributed by atoms with Crippen molar-refractivity contribution < 1.29 is 4.79 Å². The normalized spacial score (nSPS) is 21.5. The minimum atomic E-state index is -0.159. The summed E-state index contributed by atoms with van der Waals surface area (Å²) in [7, 11) is 4.04. The second kappa shape index (κ2) is 7.22. The summed E-state index contributed by atoms with van der Waals surface area (Å²) in [5, 5.41) is 8.11. The number of amides is 1. The van der Waals surface area contributed by atoms with Crippen molar-refractivity contribution in [1.29, 1.82) is 0 Å². The molecule has 2 aliphatic heterocycles. The zero-order chi connectivity index (χ0) is 18.1. The number of aryl methyl sites for hydroxylation is 1. The van der Waals surface area contributed by atoms with Gasteiger partial charge in [0, 0.05) is 25.4 Å². The fourth-order valence-corrected chi connectivity index (χ4v) is 4.28. The number of anilines is 1. The SMILES string of the molecule is CN1CCC(N(C(=O)c2cccs2)C2C=CN(c3ccnn3C)N2)CC1. The van der Waals surface area contributed by atoms with Crippen molar-refractivity contribution in [2.75, 3.05) is 25.1 Å². The number of piperidine rings is 1. The summed E-state index contributed by atoms with van der Waals surface area (Å²) in [6.45, 7) is 2.03. The molecule has 0 radical (unpaired) electrons. The van der Waals surface area contributed by atoms with Gasteiger partial charge in [-0.05, 0) is 50.5 Å². The molecule has 1 N–H and O–H groups in total. The number of nitrogens with one attached hydrogen (secondary N) is 1. The van der Waals surface area contributed by atoms with Gasteiger partial charge < -0.3 is 9.80 Å². The van der Waals surface area contributed by atoms with Crippen LogP contribution in [0.5, 0.6) is 0 Å². The summed E-state index contributed by atoms with van der Waals surface area (Å²) >= 11 is 1.50. The number of thiophene rings is 1. The number of likely N-dealkylation sites (tertiary alicyclic amines) is 1. The highest BCUT2D eigenvalue weighted by Crippen LogP contribution is 2.25. The Bertz CT molecular complexity index is 777. The quantitative estimate of drug-likeness (QED) is 0.888. The topological polar surface area (TPSA) is 56.6 Å². The van der Waals surface area contributed by atoms with Crippen LogP contribution in [0.15, 0.2) is 42.1 Å². The molecule has 26 heavy (non-hydrogen) atoms. The van der Waals surface area contributed by atoms with Gasteiger partial charge in [-0.2, -0.15) is 5.10 Å². The molecule has 8 heteroatoms. The highest BCUT2D eigenvalue weighted by molar-refractivity contribution is 7.12. The summed E-state index contributed by atoms with van der Waals surface area (Å²) in [5.74, 6) is 1.04. The minimum Gasteiger partial charge on any atom is -0.314 e. The van der Waals surface area contributed by atoms with Crippen molar-refractivity contribution in [1.82, 2.24) is 25.0 Å². The molecule has 4 rings (SSSR count). The average molecular weight is 372 g/mol.